The fourth-order valence-corrected chi connectivity index (χ4v) is 1.05. The number of hydrogen-bond acceptors (Lipinski definition) is 4. The molecule has 0 aliphatic carbocycles. The first-order chi connectivity index (χ1) is 7.56. The number of carbonyl (C=O) groups excluding carboxylic acids is 1. The van der Waals surface area contributed by atoms with E-state index in [1.54, 1.807) is 6.92 Å². The van der Waals surface area contributed by atoms with Gasteiger partial charge in [0.1, 0.15) is 0 Å². The number of nitro benzene ring substituents is 1. The monoisotopic (exact) mass is 225 g/mol. The summed E-state index contributed by atoms with van der Waals surface area (Å²) < 4.78 is 4.45. The number of hydrogen-bond donors (Lipinski definition) is 0. The lowest BCUT2D eigenvalue weighted by molar-refractivity contribution is -0.385. The minimum atomic E-state index is -0.576. The average Bonchev–Trinajstić information content (AvgIpc) is 2.31. The SMILES string of the molecule is CC.COC(=O)c1ccc(C)c([N+](=O)[O-])c1. The Kier molecular flexibility index (Phi) is 5.77. The van der Waals surface area contributed by atoms with Crippen LogP contribution in [0.15, 0.2) is 18.2 Å². The number of esters is 1. The van der Waals surface area contributed by atoms with Crippen LogP contribution in [0.4, 0.5) is 5.69 Å². The average molecular weight is 225 g/mol. The molecule has 0 amide bonds. The van der Waals surface area contributed by atoms with Crippen LogP contribution in [-0.4, -0.2) is 18.0 Å². The fraction of sp³-hybridized carbons (Fsp3) is 0.364. The van der Waals surface area contributed by atoms with Gasteiger partial charge < -0.3 is 4.74 Å². The molecule has 1 aromatic rings. The molecule has 1 aromatic carbocycles. The van der Waals surface area contributed by atoms with E-state index in [0.717, 1.165) is 0 Å². The van der Waals surface area contributed by atoms with Gasteiger partial charge in [-0.15, -0.1) is 0 Å². The number of nitro groups is 1. The van der Waals surface area contributed by atoms with Crippen molar-refractivity contribution in [3.05, 3.63) is 39.4 Å². The van der Waals surface area contributed by atoms with Gasteiger partial charge in [0.25, 0.3) is 5.69 Å². The van der Waals surface area contributed by atoms with E-state index in [0.29, 0.717) is 5.56 Å². The normalized spacial score (nSPS) is 8.75. The molecule has 0 atom stereocenters. The van der Waals surface area contributed by atoms with Crippen LogP contribution in [0.5, 0.6) is 0 Å². The van der Waals surface area contributed by atoms with Crippen molar-refractivity contribution in [1.29, 1.82) is 0 Å². The first-order valence-corrected chi connectivity index (χ1v) is 4.89. The third-order valence-electron chi connectivity index (χ3n) is 1.83. The van der Waals surface area contributed by atoms with Crippen LogP contribution in [0.1, 0.15) is 29.8 Å². The van der Waals surface area contributed by atoms with E-state index < -0.39 is 10.9 Å². The largest absolute Gasteiger partial charge is 0.465 e. The Hall–Kier alpha value is -1.91. The quantitative estimate of drug-likeness (QED) is 0.441. The van der Waals surface area contributed by atoms with Crippen molar-refractivity contribution in [3.8, 4) is 0 Å². The van der Waals surface area contributed by atoms with Gasteiger partial charge in [-0.05, 0) is 13.0 Å². The Morgan fingerprint density at radius 3 is 2.38 bits per heavy atom. The molecule has 5 heteroatoms. The third kappa shape index (κ3) is 3.34. The number of rotatable bonds is 2. The van der Waals surface area contributed by atoms with E-state index in [4.69, 9.17) is 0 Å². The van der Waals surface area contributed by atoms with Crippen LogP contribution >= 0.6 is 0 Å². The highest BCUT2D eigenvalue weighted by molar-refractivity contribution is 5.90. The molecule has 88 valence electrons. The second-order valence-corrected chi connectivity index (χ2v) is 2.75. The molecule has 0 saturated heterocycles. The number of nitrogens with zero attached hydrogens (tertiary/aromatic N) is 1. The van der Waals surface area contributed by atoms with Crippen molar-refractivity contribution in [2.45, 2.75) is 20.8 Å². The van der Waals surface area contributed by atoms with Gasteiger partial charge in [0.05, 0.1) is 17.6 Å². The van der Waals surface area contributed by atoms with Crippen LogP contribution in [0.25, 0.3) is 0 Å². The zero-order valence-corrected chi connectivity index (χ0v) is 9.81. The molecule has 1 rings (SSSR count). The van der Waals surface area contributed by atoms with E-state index in [1.165, 1.54) is 25.3 Å². The molecule has 0 aromatic heterocycles. The van der Waals surface area contributed by atoms with Gasteiger partial charge in [-0.2, -0.15) is 0 Å². The number of benzene rings is 1. The number of methoxy groups -OCH3 is 1. The van der Waals surface area contributed by atoms with Crippen molar-refractivity contribution in [3.63, 3.8) is 0 Å². The van der Waals surface area contributed by atoms with Crippen LogP contribution in [0, 0.1) is 17.0 Å². The van der Waals surface area contributed by atoms with Crippen molar-refractivity contribution in [2.24, 2.45) is 0 Å². The molecule has 5 nitrogen and oxygen atoms in total. The lowest BCUT2D eigenvalue weighted by atomic mass is 10.1. The van der Waals surface area contributed by atoms with Gasteiger partial charge in [-0.1, -0.05) is 19.9 Å². The molecule has 0 unspecified atom stereocenters. The summed E-state index contributed by atoms with van der Waals surface area (Å²) in [6.45, 7) is 5.61. The lowest BCUT2D eigenvalue weighted by Crippen LogP contribution is -2.02. The molecule has 0 radical (unpaired) electrons. The maximum absolute atomic E-state index is 11.1. The first kappa shape index (κ1) is 14.1. The molecule has 0 aliphatic rings. The van der Waals surface area contributed by atoms with Crippen LogP contribution < -0.4 is 0 Å². The highest BCUT2D eigenvalue weighted by Gasteiger charge is 2.14. The van der Waals surface area contributed by atoms with E-state index in [9.17, 15) is 14.9 Å². The zero-order chi connectivity index (χ0) is 12.7. The predicted octanol–water partition coefficient (Wildman–Crippen LogP) is 2.72. The van der Waals surface area contributed by atoms with Gasteiger partial charge in [0.2, 0.25) is 0 Å². The van der Waals surface area contributed by atoms with E-state index >= 15 is 0 Å². The molecule has 0 spiro atoms. The topological polar surface area (TPSA) is 69.4 Å². The number of carbonyl (C=O) groups is 1. The lowest BCUT2D eigenvalue weighted by Gasteiger charge is -2.00. The third-order valence-corrected chi connectivity index (χ3v) is 1.83. The summed E-state index contributed by atoms with van der Waals surface area (Å²) in [6, 6.07) is 4.22. The van der Waals surface area contributed by atoms with Crippen molar-refractivity contribution < 1.29 is 14.5 Å². The van der Waals surface area contributed by atoms with Crippen molar-refractivity contribution in [1.82, 2.24) is 0 Å². The summed E-state index contributed by atoms with van der Waals surface area (Å²) in [6.07, 6.45) is 0. The highest BCUT2D eigenvalue weighted by atomic mass is 16.6. The molecular weight excluding hydrogens is 210 g/mol. The van der Waals surface area contributed by atoms with Gasteiger partial charge in [0.15, 0.2) is 0 Å². The van der Waals surface area contributed by atoms with E-state index in [-0.39, 0.29) is 11.3 Å². The van der Waals surface area contributed by atoms with Crippen molar-refractivity contribution >= 4 is 11.7 Å². The maximum atomic E-state index is 11.1. The molecule has 0 aliphatic heterocycles. The van der Waals surface area contributed by atoms with Crippen molar-refractivity contribution in [2.75, 3.05) is 7.11 Å². The maximum Gasteiger partial charge on any atom is 0.338 e. The summed E-state index contributed by atoms with van der Waals surface area (Å²) in [5.74, 6) is -0.576. The Bertz CT molecular complexity index is 388. The Morgan fingerprint density at radius 1 is 1.38 bits per heavy atom. The fourth-order valence-electron chi connectivity index (χ4n) is 1.05. The highest BCUT2D eigenvalue weighted by Crippen LogP contribution is 2.19. The summed E-state index contributed by atoms with van der Waals surface area (Å²) in [5.41, 5.74) is 0.625. The molecule has 16 heavy (non-hydrogen) atoms. The molecule has 0 bridgehead atoms. The van der Waals surface area contributed by atoms with Gasteiger partial charge in [-0.25, -0.2) is 4.79 Å². The van der Waals surface area contributed by atoms with Crippen LogP contribution in [0.3, 0.4) is 0 Å². The second kappa shape index (κ2) is 6.55. The summed E-state index contributed by atoms with van der Waals surface area (Å²) >= 11 is 0. The smallest absolute Gasteiger partial charge is 0.338 e. The molecule has 0 saturated carbocycles. The summed E-state index contributed by atoms with van der Waals surface area (Å²) in [5, 5.41) is 10.5. The van der Waals surface area contributed by atoms with Crippen LogP contribution in [0.2, 0.25) is 0 Å². The summed E-state index contributed by atoms with van der Waals surface area (Å²) in [7, 11) is 1.23. The summed E-state index contributed by atoms with van der Waals surface area (Å²) in [4.78, 5) is 21.1. The minimum absolute atomic E-state index is 0.0760. The standard InChI is InChI=1S/C9H9NO4.C2H6/c1-6-3-4-7(9(11)14-2)5-8(6)10(12)13;1-2/h3-5H,1-2H3;1-2H3. The Morgan fingerprint density at radius 2 is 1.94 bits per heavy atom. The molecular formula is C11H15NO4. The van der Waals surface area contributed by atoms with Gasteiger partial charge >= 0.3 is 5.97 Å². The molecule has 0 N–H and O–H groups in total. The Balaban J connectivity index is 0.00000106. The van der Waals surface area contributed by atoms with E-state index in [1.807, 2.05) is 13.8 Å². The Labute approximate surface area is 94.2 Å². The minimum Gasteiger partial charge on any atom is -0.465 e. The van der Waals surface area contributed by atoms with Crippen LogP contribution in [-0.2, 0) is 4.74 Å². The predicted molar refractivity (Wildman–Crippen MR) is 60.5 cm³/mol. The number of ether oxygens (including phenoxy) is 1. The van der Waals surface area contributed by atoms with E-state index in [2.05, 4.69) is 4.74 Å². The molecule has 0 heterocycles. The number of aryl methyl sites for hydroxylation is 1. The van der Waals surface area contributed by atoms with Gasteiger partial charge in [-0.3, -0.25) is 10.1 Å². The zero-order valence-electron chi connectivity index (χ0n) is 9.81. The first-order valence-electron chi connectivity index (χ1n) is 4.89. The van der Waals surface area contributed by atoms with Gasteiger partial charge in [0, 0.05) is 11.6 Å². The second-order valence-electron chi connectivity index (χ2n) is 2.75. The molecule has 0 fully saturated rings.